The van der Waals surface area contributed by atoms with Gasteiger partial charge in [-0.3, -0.25) is 4.79 Å². The molecule has 2 rings (SSSR count). The lowest BCUT2D eigenvalue weighted by atomic mass is 10.0. The first kappa shape index (κ1) is 11.9. The molecule has 2 N–H and O–H groups in total. The second-order valence-electron chi connectivity index (χ2n) is 5.74. The first-order chi connectivity index (χ1) is 7.35. The molecule has 16 heavy (non-hydrogen) atoms. The van der Waals surface area contributed by atoms with Crippen LogP contribution in [-0.4, -0.2) is 24.9 Å². The molecule has 1 amide bonds. The quantitative estimate of drug-likeness (QED) is 0.787. The lowest BCUT2D eigenvalue weighted by Crippen LogP contribution is -2.27. The Morgan fingerprint density at radius 3 is 2.31 bits per heavy atom. The van der Waals surface area contributed by atoms with Crippen LogP contribution < -0.4 is 5.73 Å². The third-order valence-electron chi connectivity index (χ3n) is 4.20. The Labute approximate surface area is 96.5 Å². The van der Waals surface area contributed by atoms with Crippen molar-refractivity contribution in [2.45, 2.75) is 39.4 Å². The second-order valence-corrected chi connectivity index (χ2v) is 5.74. The van der Waals surface area contributed by atoms with Crippen molar-refractivity contribution >= 4 is 5.91 Å². The standard InChI is InChI=1S/C12H21NO3/c1-11(2)8(6-10(13)14)9(11)7-12(3)15-4-5-16-12/h8-9H,4-7H2,1-3H3,(H2,13,14). The first-order valence-corrected chi connectivity index (χ1v) is 5.91. The average Bonchev–Trinajstić information content (AvgIpc) is 2.56. The Morgan fingerprint density at radius 1 is 1.25 bits per heavy atom. The molecule has 0 spiro atoms. The van der Waals surface area contributed by atoms with Crippen LogP contribution in [0.15, 0.2) is 0 Å². The zero-order chi connectivity index (χ0) is 12.0. The van der Waals surface area contributed by atoms with Crippen LogP contribution in [0, 0.1) is 17.3 Å². The molecule has 0 radical (unpaired) electrons. The van der Waals surface area contributed by atoms with Crippen LogP contribution >= 0.6 is 0 Å². The molecular formula is C12H21NO3. The van der Waals surface area contributed by atoms with Gasteiger partial charge in [-0.2, -0.15) is 0 Å². The Hall–Kier alpha value is -0.610. The molecule has 0 aromatic rings. The van der Waals surface area contributed by atoms with E-state index in [0.29, 0.717) is 31.5 Å². The molecule has 4 nitrogen and oxygen atoms in total. The van der Waals surface area contributed by atoms with Crippen LogP contribution in [-0.2, 0) is 14.3 Å². The van der Waals surface area contributed by atoms with Gasteiger partial charge in [0, 0.05) is 12.8 Å². The number of amides is 1. The largest absolute Gasteiger partial charge is 0.370 e. The Bertz CT molecular complexity index is 295. The topological polar surface area (TPSA) is 61.6 Å². The van der Waals surface area contributed by atoms with Gasteiger partial charge in [-0.15, -0.1) is 0 Å². The predicted octanol–water partition coefficient (Wildman–Crippen LogP) is 1.29. The molecule has 2 aliphatic rings. The maximum atomic E-state index is 11.0. The van der Waals surface area contributed by atoms with Gasteiger partial charge in [0.1, 0.15) is 0 Å². The normalized spacial score (nSPS) is 34.9. The van der Waals surface area contributed by atoms with Crippen molar-refractivity contribution < 1.29 is 14.3 Å². The second kappa shape index (κ2) is 3.70. The van der Waals surface area contributed by atoms with Crippen LogP contribution in [0.3, 0.4) is 0 Å². The SMILES string of the molecule is CC1(CC2C(CC(N)=O)C2(C)C)OCCO1. The van der Waals surface area contributed by atoms with Gasteiger partial charge in [0.25, 0.3) is 0 Å². The van der Waals surface area contributed by atoms with E-state index >= 15 is 0 Å². The smallest absolute Gasteiger partial charge is 0.217 e. The summed E-state index contributed by atoms with van der Waals surface area (Å²) >= 11 is 0. The van der Waals surface area contributed by atoms with Gasteiger partial charge in [-0.05, 0) is 24.2 Å². The molecule has 4 heteroatoms. The highest BCUT2D eigenvalue weighted by Gasteiger charge is 2.59. The summed E-state index contributed by atoms with van der Waals surface area (Å²) in [5.41, 5.74) is 5.44. The minimum atomic E-state index is -0.450. The number of carbonyl (C=O) groups is 1. The highest BCUT2D eigenvalue weighted by atomic mass is 16.7. The van der Waals surface area contributed by atoms with Crippen molar-refractivity contribution in [3.05, 3.63) is 0 Å². The molecule has 2 atom stereocenters. The Morgan fingerprint density at radius 2 is 1.81 bits per heavy atom. The van der Waals surface area contributed by atoms with Gasteiger partial charge in [-0.25, -0.2) is 0 Å². The van der Waals surface area contributed by atoms with Crippen molar-refractivity contribution in [2.75, 3.05) is 13.2 Å². The van der Waals surface area contributed by atoms with E-state index in [4.69, 9.17) is 15.2 Å². The Kier molecular flexibility index (Phi) is 2.75. The van der Waals surface area contributed by atoms with Gasteiger partial charge in [-0.1, -0.05) is 13.8 Å². The van der Waals surface area contributed by atoms with Gasteiger partial charge in [0.2, 0.25) is 5.91 Å². The molecule has 1 saturated heterocycles. The van der Waals surface area contributed by atoms with Gasteiger partial charge in [0.05, 0.1) is 13.2 Å². The average molecular weight is 227 g/mol. The van der Waals surface area contributed by atoms with Crippen molar-refractivity contribution in [2.24, 2.45) is 23.0 Å². The molecule has 1 heterocycles. The van der Waals surface area contributed by atoms with Crippen LogP contribution in [0.25, 0.3) is 0 Å². The number of rotatable bonds is 4. The third-order valence-corrected chi connectivity index (χ3v) is 4.20. The highest BCUT2D eigenvalue weighted by Crippen LogP contribution is 2.63. The summed E-state index contributed by atoms with van der Waals surface area (Å²) < 4.78 is 11.2. The van der Waals surface area contributed by atoms with Crippen molar-refractivity contribution in [3.63, 3.8) is 0 Å². The molecule has 2 fully saturated rings. The van der Waals surface area contributed by atoms with Crippen molar-refractivity contribution in [3.8, 4) is 0 Å². The fraction of sp³-hybridized carbons (Fsp3) is 0.917. The number of hydrogen-bond acceptors (Lipinski definition) is 3. The number of hydrogen-bond donors (Lipinski definition) is 1. The molecule has 1 saturated carbocycles. The summed E-state index contributed by atoms with van der Waals surface area (Å²) in [6.07, 6.45) is 1.34. The number of nitrogens with two attached hydrogens (primary N) is 1. The van der Waals surface area contributed by atoms with E-state index in [1.165, 1.54) is 0 Å². The van der Waals surface area contributed by atoms with E-state index < -0.39 is 5.79 Å². The van der Waals surface area contributed by atoms with E-state index in [1.807, 2.05) is 6.92 Å². The number of carbonyl (C=O) groups excluding carboxylic acids is 1. The van der Waals surface area contributed by atoms with E-state index in [9.17, 15) is 4.79 Å². The number of ether oxygens (including phenoxy) is 2. The fourth-order valence-corrected chi connectivity index (χ4v) is 2.96. The lowest BCUT2D eigenvalue weighted by molar-refractivity contribution is -0.151. The van der Waals surface area contributed by atoms with Crippen LogP contribution in [0.2, 0.25) is 0 Å². The maximum Gasteiger partial charge on any atom is 0.217 e. The fourth-order valence-electron chi connectivity index (χ4n) is 2.96. The van der Waals surface area contributed by atoms with Gasteiger partial charge in [0.15, 0.2) is 5.79 Å². The van der Waals surface area contributed by atoms with Crippen LogP contribution in [0.5, 0.6) is 0 Å². The van der Waals surface area contributed by atoms with Crippen LogP contribution in [0.1, 0.15) is 33.6 Å². The summed E-state index contributed by atoms with van der Waals surface area (Å²) in [5, 5.41) is 0. The van der Waals surface area contributed by atoms with E-state index in [2.05, 4.69) is 13.8 Å². The first-order valence-electron chi connectivity index (χ1n) is 5.91. The molecule has 0 aromatic heterocycles. The summed E-state index contributed by atoms with van der Waals surface area (Å²) in [6.45, 7) is 7.69. The van der Waals surface area contributed by atoms with Crippen molar-refractivity contribution in [1.82, 2.24) is 0 Å². The molecule has 1 aliphatic heterocycles. The predicted molar refractivity (Wildman–Crippen MR) is 59.5 cm³/mol. The van der Waals surface area contributed by atoms with Crippen molar-refractivity contribution in [1.29, 1.82) is 0 Å². The van der Waals surface area contributed by atoms with E-state index in [-0.39, 0.29) is 11.3 Å². The Balaban J connectivity index is 1.93. The minimum absolute atomic E-state index is 0.188. The molecule has 2 unspecified atom stereocenters. The monoisotopic (exact) mass is 227 g/mol. The highest BCUT2D eigenvalue weighted by molar-refractivity contribution is 5.74. The zero-order valence-electron chi connectivity index (χ0n) is 10.3. The van der Waals surface area contributed by atoms with E-state index in [0.717, 1.165) is 6.42 Å². The molecule has 92 valence electrons. The minimum Gasteiger partial charge on any atom is -0.370 e. The van der Waals surface area contributed by atoms with Gasteiger partial charge >= 0.3 is 0 Å². The van der Waals surface area contributed by atoms with E-state index in [1.54, 1.807) is 0 Å². The summed E-state index contributed by atoms with van der Waals surface area (Å²) in [6, 6.07) is 0. The summed E-state index contributed by atoms with van der Waals surface area (Å²) in [5.74, 6) is 0.200. The molecule has 1 aliphatic carbocycles. The molecule has 0 aromatic carbocycles. The zero-order valence-corrected chi connectivity index (χ0v) is 10.3. The lowest BCUT2D eigenvalue weighted by Gasteiger charge is -2.22. The third kappa shape index (κ3) is 2.09. The molecular weight excluding hydrogens is 206 g/mol. The molecule has 0 bridgehead atoms. The summed E-state index contributed by atoms with van der Waals surface area (Å²) in [4.78, 5) is 11.0. The maximum absolute atomic E-state index is 11.0. The summed E-state index contributed by atoms with van der Waals surface area (Å²) in [7, 11) is 0. The van der Waals surface area contributed by atoms with Gasteiger partial charge < -0.3 is 15.2 Å². The number of primary amides is 1. The van der Waals surface area contributed by atoms with Crippen LogP contribution in [0.4, 0.5) is 0 Å².